The molecular weight excluding hydrogens is 326 g/mol. The lowest BCUT2D eigenvalue weighted by molar-refractivity contribution is 0.568. The fourth-order valence-electron chi connectivity index (χ4n) is 2.15. The fraction of sp³-hybridized carbons (Fsp3) is 0.118. The van der Waals surface area contributed by atoms with E-state index in [1.165, 1.54) is 5.41 Å². The Hall–Kier alpha value is -2.64. The van der Waals surface area contributed by atoms with Gasteiger partial charge in [0.15, 0.2) is 0 Å². The molecule has 24 heavy (non-hydrogen) atoms. The lowest BCUT2D eigenvalue weighted by atomic mass is 10.2. The van der Waals surface area contributed by atoms with Crippen LogP contribution in [0.5, 0.6) is 0 Å². The molecule has 1 N–H and O–H groups in total. The Morgan fingerprint density at radius 1 is 1.17 bits per heavy atom. The highest BCUT2D eigenvalue weighted by Gasteiger charge is 2.06. The Kier molecular flexibility index (Phi) is 4.93. The van der Waals surface area contributed by atoms with Crippen molar-refractivity contribution >= 4 is 16.1 Å². The summed E-state index contributed by atoms with van der Waals surface area (Å²) in [6.45, 7) is 0.699. The third-order valence-corrected chi connectivity index (χ3v) is 4.47. The second kappa shape index (κ2) is 7.29. The van der Waals surface area contributed by atoms with Gasteiger partial charge < -0.3 is 4.42 Å². The molecule has 0 atom stereocenters. The van der Waals surface area contributed by atoms with Crippen LogP contribution in [0, 0.1) is 0 Å². The number of furan rings is 1. The molecule has 3 rings (SSSR count). The van der Waals surface area contributed by atoms with E-state index in [4.69, 9.17) is 4.42 Å². The van der Waals surface area contributed by atoms with E-state index in [-0.39, 0.29) is 6.54 Å². The molecule has 0 aliphatic heterocycles. The van der Waals surface area contributed by atoms with Gasteiger partial charge in [0.1, 0.15) is 0 Å². The average Bonchev–Trinajstić information content (AvgIpc) is 3.25. The molecule has 2 aromatic heterocycles. The highest BCUT2D eigenvalue weighted by molar-refractivity contribution is 7.92. The standard InChI is InChI=1S/C17H17N3O3S/c21-24(22,11-7-15-4-2-1-3-5-15)19-8-9-20-13-17(12-18-20)16-6-10-23-14-16/h1-7,10-14,19H,8-9H2. The maximum atomic E-state index is 11.9. The third-order valence-electron chi connectivity index (χ3n) is 3.37. The average molecular weight is 343 g/mol. The molecule has 2 heterocycles. The number of nitrogens with one attached hydrogen (secondary N) is 1. The number of nitrogens with zero attached hydrogens (tertiary/aromatic N) is 2. The first-order valence-electron chi connectivity index (χ1n) is 7.40. The third kappa shape index (κ3) is 4.43. The molecule has 0 amide bonds. The van der Waals surface area contributed by atoms with E-state index in [2.05, 4.69) is 9.82 Å². The van der Waals surface area contributed by atoms with Crippen molar-refractivity contribution in [1.29, 1.82) is 0 Å². The van der Waals surface area contributed by atoms with Gasteiger partial charge in [0.25, 0.3) is 0 Å². The van der Waals surface area contributed by atoms with E-state index >= 15 is 0 Å². The van der Waals surface area contributed by atoms with Gasteiger partial charge >= 0.3 is 0 Å². The second-order valence-electron chi connectivity index (χ2n) is 5.16. The molecule has 0 saturated carbocycles. The quantitative estimate of drug-likeness (QED) is 0.715. The van der Waals surface area contributed by atoms with E-state index < -0.39 is 10.0 Å². The second-order valence-corrected chi connectivity index (χ2v) is 6.81. The van der Waals surface area contributed by atoms with Crippen molar-refractivity contribution in [1.82, 2.24) is 14.5 Å². The molecule has 0 unspecified atom stereocenters. The molecule has 6 nitrogen and oxygen atoms in total. The van der Waals surface area contributed by atoms with Crippen LogP contribution < -0.4 is 4.72 Å². The topological polar surface area (TPSA) is 77.1 Å². The zero-order chi connectivity index (χ0) is 16.8. The van der Waals surface area contributed by atoms with Gasteiger partial charge in [-0.1, -0.05) is 30.3 Å². The first-order chi connectivity index (χ1) is 11.6. The van der Waals surface area contributed by atoms with Crippen LogP contribution in [0.2, 0.25) is 0 Å². The van der Waals surface area contributed by atoms with Crippen molar-refractivity contribution in [3.05, 3.63) is 72.3 Å². The summed E-state index contributed by atoms with van der Waals surface area (Å²) in [5.41, 5.74) is 2.70. The summed E-state index contributed by atoms with van der Waals surface area (Å²) in [5.74, 6) is 0. The Morgan fingerprint density at radius 2 is 2.00 bits per heavy atom. The molecule has 0 fully saturated rings. The summed E-state index contributed by atoms with van der Waals surface area (Å²) in [7, 11) is -3.47. The molecule has 0 aliphatic rings. The van der Waals surface area contributed by atoms with Crippen molar-refractivity contribution in [2.45, 2.75) is 6.54 Å². The van der Waals surface area contributed by atoms with Crippen LogP contribution >= 0.6 is 0 Å². The van der Waals surface area contributed by atoms with E-state index in [0.29, 0.717) is 6.54 Å². The van der Waals surface area contributed by atoms with Gasteiger partial charge in [-0.3, -0.25) is 4.68 Å². The zero-order valence-electron chi connectivity index (χ0n) is 12.9. The van der Waals surface area contributed by atoms with Crippen molar-refractivity contribution in [3.8, 4) is 11.1 Å². The number of sulfonamides is 1. The minimum atomic E-state index is -3.47. The smallest absolute Gasteiger partial charge is 0.233 e. The SMILES string of the molecule is O=S(=O)(C=Cc1ccccc1)NCCn1cc(-c2ccoc2)cn1. The Labute approximate surface area is 140 Å². The van der Waals surface area contributed by atoms with E-state index in [0.717, 1.165) is 16.7 Å². The van der Waals surface area contributed by atoms with Crippen molar-refractivity contribution in [2.75, 3.05) is 6.54 Å². The van der Waals surface area contributed by atoms with Crippen molar-refractivity contribution in [2.24, 2.45) is 0 Å². The van der Waals surface area contributed by atoms with Gasteiger partial charge in [0.05, 0.1) is 25.3 Å². The molecule has 0 saturated heterocycles. The van der Waals surface area contributed by atoms with Crippen LogP contribution in [-0.4, -0.2) is 24.7 Å². The predicted molar refractivity (Wildman–Crippen MR) is 92.3 cm³/mol. The molecule has 124 valence electrons. The minimum absolute atomic E-state index is 0.258. The molecule has 0 aliphatic carbocycles. The number of hydrogen-bond donors (Lipinski definition) is 1. The van der Waals surface area contributed by atoms with Crippen LogP contribution in [0.1, 0.15) is 5.56 Å². The zero-order valence-corrected chi connectivity index (χ0v) is 13.7. The summed E-state index contributed by atoms with van der Waals surface area (Å²) < 4.78 is 33.1. The highest BCUT2D eigenvalue weighted by atomic mass is 32.2. The largest absolute Gasteiger partial charge is 0.472 e. The van der Waals surface area contributed by atoms with Crippen LogP contribution in [0.4, 0.5) is 0 Å². The Bertz CT molecular complexity index is 898. The maximum Gasteiger partial charge on any atom is 0.233 e. The van der Waals surface area contributed by atoms with Gasteiger partial charge in [-0.05, 0) is 17.7 Å². The van der Waals surface area contributed by atoms with Crippen LogP contribution in [0.3, 0.4) is 0 Å². The highest BCUT2D eigenvalue weighted by Crippen LogP contribution is 2.18. The molecule has 3 aromatic rings. The summed E-state index contributed by atoms with van der Waals surface area (Å²) in [4.78, 5) is 0. The van der Waals surface area contributed by atoms with Gasteiger partial charge in [0.2, 0.25) is 10.0 Å². The maximum absolute atomic E-state index is 11.9. The van der Waals surface area contributed by atoms with Crippen LogP contribution in [0.25, 0.3) is 17.2 Å². The van der Waals surface area contributed by atoms with E-state index in [1.807, 2.05) is 42.6 Å². The summed E-state index contributed by atoms with van der Waals surface area (Å²) >= 11 is 0. The normalized spacial score (nSPS) is 12.0. The summed E-state index contributed by atoms with van der Waals surface area (Å²) in [6.07, 6.45) is 8.36. The van der Waals surface area contributed by atoms with E-state index in [1.54, 1.807) is 29.5 Å². The number of benzene rings is 1. The lowest BCUT2D eigenvalue weighted by Gasteiger charge is -2.03. The molecule has 1 aromatic carbocycles. The van der Waals surface area contributed by atoms with Crippen molar-refractivity contribution in [3.63, 3.8) is 0 Å². The Balaban J connectivity index is 1.53. The molecule has 0 radical (unpaired) electrons. The Morgan fingerprint density at radius 3 is 2.75 bits per heavy atom. The van der Waals surface area contributed by atoms with E-state index in [9.17, 15) is 8.42 Å². The van der Waals surface area contributed by atoms with Crippen molar-refractivity contribution < 1.29 is 12.8 Å². The van der Waals surface area contributed by atoms with Gasteiger partial charge in [-0.2, -0.15) is 5.10 Å². The predicted octanol–water partition coefficient (Wildman–Crippen LogP) is 2.73. The molecule has 7 heteroatoms. The minimum Gasteiger partial charge on any atom is -0.472 e. The first kappa shape index (κ1) is 16.2. The van der Waals surface area contributed by atoms with Gasteiger partial charge in [-0.15, -0.1) is 0 Å². The van der Waals surface area contributed by atoms with Gasteiger partial charge in [0, 0.05) is 29.3 Å². The molecule has 0 spiro atoms. The van der Waals surface area contributed by atoms with Crippen LogP contribution in [-0.2, 0) is 16.6 Å². The number of aromatic nitrogens is 2. The molecule has 0 bridgehead atoms. The number of rotatable bonds is 7. The summed E-state index contributed by atoms with van der Waals surface area (Å²) in [6, 6.07) is 11.1. The fourth-order valence-corrected chi connectivity index (χ4v) is 2.95. The number of hydrogen-bond acceptors (Lipinski definition) is 4. The molecular formula is C17H17N3O3S. The first-order valence-corrected chi connectivity index (χ1v) is 8.95. The van der Waals surface area contributed by atoms with Crippen LogP contribution in [0.15, 0.2) is 71.1 Å². The lowest BCUT2D eigenvalue weighted by Crippen LogP contribution is -2.25. The monoisotopic (exact) mass is 343 g/mol. The van der Waals surface area contributed by atoms with Gasteiger partial charge in [-0.25, -0.2) is 13.1 Å². The summed E-state index contributed by atoms with van der Waals surface area (Å²) in [5, 5.41) is 5.38.